The molecule has 6 nitrogen and oxygen atoms in total. The molecule has 1 atom stereocenters. The zero-order valence-electron chi connectivity index (χ0n) is 11.9. The fraction of sp³-hybridized carbons (Fsp3) is 0.571. The van der Waals surface area contributed by atoms with E-state index in [0.29, 0.717) is 24.7 Å². The van der Waals surface area contributed by atoms with E-state index in [1.54, 1.807) is 0 Å². The van der Waals surface area contributed by atoms with Crippen LogP contribution < -0.4 is 10.5 Å². The van der Waals surface area contributed by atoms with Crippen LogP contribution in [0.4, 0.5) is 0 Å². The number of oxime groups is 1. The number of aryl methyl sites for hydroxylation is 2. The molecule has 0 saturated carbocycles. The van der Waals surface area contributed by atoms with Crippen molar-refractivity contribution in [1.29, 1.82) is 0 Å². The highest BCUT2D eigenvalue weighted by atomic mass is 16.5. The lowest BCUT2D eigenvalue weighted by atomic mass is 10.1. The molecule has 1 heterocycles. The smallest absolute Gasteiger partial charge is 0.225 e. The van der Waals surface area contributed by atoms with Gasteiger partial charge in [-0.15, -0.1) is 0 Å². The molecular weight excluding hydrogens is 258 g/mol. The first kappa shape index (κ1) is 14.6. The van der Waals surface area contributed by atoms with Crippen molar-refractivity contribution in [1.82, 2.24) is 4.98 Å². The Balaban J connectivity index is 2.25. The Kier molecular flexibility index (Phi) is 4.79. The number of nitrogens with zero attached hydrogens (tertiary/aromatic N) is 2. The molecule has 0 saturated heterocycles. The van der Waals surface area contributed by atoms with Crippen molar-refractivity contribution in [2.75, 3.05) is 13.2 Å². The van der Waals surface area contributed by atoms with Crippen molar-refractivity contribution in [2.24, 2.45) is 10.9 Å². The summed E-state index contributed by atoms with van der Waals surface area (Å²) < 4.78 is 11.1. The highest BCUT2D eigenvalue weighted by molar-refractivity contribution is 5.99. The van der Waals surface area contributed by atoms with Gasteiger partial charge < -0.3 is 20.4 Å². The van der Waals surface area contributed by atoms with Crippen molar-refractivity contribution in [2.45, 2.75) is 39.2 Å². The molecule has 3 N–H and O–H groups in total. The van der Waals surface area contributed by atoms with Crippen LogP contribution in [-0.4, -0.2) is 35.3 Å². The number of aromatic nitrogens is 1. The van der Waals surface area contributed by atoms with Crippen molar-refractivity contribution >= 4 is 5.84 Å². The predicted molar refractivity (Wildman–Crippen MR) is 75.4 cm³/mol. The standard InChI is InChI=1S/C14H21N3O3/c1-3-19-8-9(2)20-14-11(13(15)17-18)7-10-5-4-6-12(10)16-14/h7,9,18H,3-6,8H2,1-2H3,(H2,15,17). The van der Waals surface area contributed by atoms with Crippen molar-refractivity contribution in [3.8, 4) is 5.88 Å². The summed E-state index contributed by atoms with van der Waals surface area (Å²) in [5, 5.41) is 11.9. The van der Waals surface area contributed by atoms with Gasteiger partial charge in [0, 0.05) is 12.3 Å². The van der Waals surface area contributed by atoms with Crippen molar-refractivity contribution in [3.63, 3.8) is 0 Å². The van der Waals surface area contributed by atoms with Gasteiger partial charge in [0.2, 0.25) is 5.88 Å². The average molecular weight is 279 g/mol. The van der Waals surface area contributed by atoms with Gasteiger partial charge in [-0.25, -0.2) is 4.98 Å². The van der Waals surface area contributed by atoms with Gasteiger partial charge in [-0.05, 0) is 44.7 Å². The lowest BCUT2D eigenvalue weighted by Crippen LogP contribution is -2.23. The molecule has 0 aliphatic heterocycles. The summed E-state index contributed by atoms with van der Waals surface area (Å²) in [7, 11) is 0. The minimum Gasteiger partial charge on any atom is -0.472 e. The summed E-state index contributed by atoms with van der Waals surface area (Å²) in [6.07, 6.45) is 2.85. The number of ether oxygens (including phenoxy) is 2. The summed E-state index contributed by atoms with van der Waals surface area (Å²) in [4.78, 5) is 4.52. The Hall–Kier alpha value is -1.82. The van der Waals surface area contributed by atoms with Gasteiger partial charge in [0.05, 0.1) is 12.2 Å². The molecule has 6 heteroatoms. The van der Waals surface area contributed by atoms with Crippen LogP contribution in [0, 0.1) is 0 Å². The molecule has 0 amide bonds. The maximum Gasteiger partial charge on any atom is 0.225 e. The predicted octanol–water partition coefficient (Wildman–Crippen LogP) is 1.47. The maximum atomic E-state index is 8.89. The van der Waals surface area contributed by atoms with Crippen LogP contribution in [0.25, 0.3) is 0 Å². The van der Waals surface area contributed by atoms with Crippen LogP contribution in [0.5, 0.6) is 5.88 Å². The molecule has 0 aromatic carbocycles. The molecule has 1 unspecified atom stereocenters. The molecule has 0 radical (unpaired) electrons. The first-order valence-corrected chi connectivity index (χ1v) is 6.90. The molecule has 110 valence electrons. The average Bonchev–Trinajstić information content (AvgIpc) is 2.90. The highest BCUT2D eigenvalue weighted by Crippen LogP contribution is 2.27. The Morgan fingerprint density at radius 1 is 1.55 bits per heavy atom. The lowest BCUT2D eigenvalue weighted by Gasteiger charge is -2.17. The third kappa shape index (κ3) is 3.19. The van der Waals surface area contributed by atoms with E-state index in [1.165, 1.54) is 0 Å². The van der Waals surface area contributed by atoms with E-state index in [0.717, 1.165) is 30.5 Å². The van der Waals surface area contributed by atoms with Crippen LogP contribution in [-0.2, 0) is 17.6 Å². The third-order valence-electron chi connectivity index (χ3n) is 3.27. The summed E-state index contributed by atoms with van der Waals surface area (Å²) in [5.41, 5.74) is 8.44. The van der Waals surface area contributed by atoms with E-state index in [2.05, 4.69) is 10.1 Å². The second-order valence-electron chi connectivity index (χ2n) is 4.87. The SMILES string of the molecule is CCOCC(C)Oc1nc2c(cc1C(N)=NO)CCC2. The lowest BCUT2D eigenvalue weighted by molar-refractivity contribution is 0.0631. The van der Waals surface area contributed by atoms with Crippen LogP contribution in [0.3, 0.4) is 0 Å². The largest absolute Gasteiger partial charge is 0.472 e. The van der Waals surface area contributed by atoms with E-state index in [-0.39, 0.29) is 11.9 Å². The number of pyridine rings is 1. The van der Waals surface area contributed by atoms with Gasteiger partial charge in [-0.2, -0.15) is 0 Å². The number of hydrogen-bond donors (Lipinski definition) is 2. The minimum absolute atomic E-state index is 0.0193. The monoisotopic (exact) mass is 279 g/mol. The second-order valence-corrected chi connectivity index (χ2v) is 4.87. The Labute approximate surface area is 118 Å². The molecule has 0 bridgehead atoms. The number of amidine groups is 1. The van der Waals surface area contributed by atoms with E-state index in [9.17, 15) is 0 Å². The van der Waals surface area contributed by atoms with E-state index in [4.69, 9.17) is 20.4 Å². The quantitative estimate of drug-likeness (QED) is 0.356. The Morgan fingerprint density at radius 3 is 3.05 bits per heavy atom. The molecule has 2 rings (SSSR count). The molecule has 1 aliphatic carbocycles. The van der Waals surface area contributed by atoms with Crippen LogP contribution in [0.15, 0.2) is 11.2 Å². The highest BCUT2D eigenvalue weighted by Gasteiger charge is 2.20. The number of hydrogen-bond acceptors (Lipinski definition) is 5. The molecular formula is C14H21N3O3. The summed E-state index contributed by atoms with van der Waals surface area (Å²) >= 11 is 0. The number of fused-ring (bicyclic) bond motifs is 1. The van der Waals surface area contributed by atoms with Gasteiger partial charge >= 0.3 is 0 Å². The van der Waals surface area contributed by atoms with Gasteiger partial charge in [0.15, 0.2) is 5.84 Å². The maximum absolute atomic E-state index is 8.89. The minimum atomic E-state index is -0.146. The van der Waals surface area contributed by atoms with Crippen LogP contribution >= 0.6 is 0 Å². The fourth-order valence-electron chi connectivity index (χ4n) is 2.29. The molecule has 1 aliphatic rings. The van der Waals surface area contributed by atoms with Gasteiger partial charge in [-0.3, -0.25) is 0 Å². The Bertz CT molecular complexity index is 503. The van der Waals surface area contributed by atoms with Crippen molar-refractivity contribution < 1.29 is 14.7 Å². The first-order chi connectivity index (χ1) is 9.65. The molecule has 0 spiro atoms. The second kappa shape index (κ2) is 6.56. The summed E-state index contributed by atoms with van der Waals surface area (Å²) in [5.74, 6) is 0.430. The molecule has 1 aromatic rings. The van der Waals surface area contributed by atoms with Gasteiger partial charge in [0.1, 0.15) is 6.10 Å². The number of nitrogens with two attached hydrogens (primary N) is 1. The fourth-order valence-corrected chi connectivity index (χ4v) is 2.29. The third-order valence-corrected chi connectivity index (χ3v) is 3.27. The van der Waals surface area contributed by atoms with E-state index >= 15 is 0 Å². The summed E-state index contributed by atoms with van der Waals surface area (Å²) in [6.45, 7) is 4.95. The van der Waals surface area contributed by atoms with E-state index < -0.39 is 0 Å². The Morgan fingerprint density at radius 2 is 2.35 bits per heavy atom. The first-order valence-electron chi connectivity index (χ1n) is 6.90. The number of rotatable bonds is 6. The summed E-state index contributed by atoms with van der Waals surface area (Å²) in [6, 6.07) is 1.91. The van der Waals surface area contributed by atoms with Crippen LogP contribution in [0.2, 0.25) is 0 Å². The molecule has 20 heavy (non-hydrogen) atoms. The zero-order valence-corrected chi connectivity index (χ0v) is 11.9. The molecule has 0 fully saturated rings. The van der Waals surface area contributed by atoms with Crippen LogP contribution in [0.1, 0.15) is 37.1 Å². The van der Waals surface area contributed by atoms with Gasteiger partial charge in [0.25, 0.3) is 0 Å². The van der Waals surface area contributed by atoms with E-state index in [1.807, 2.05) is 19.9 Å². The van der Waals surface area contributed by atoms with Gasteiger partial charge in [-0.1, -0.05) is 5.16 Å². The zero-order chi connectivity index (χ0) is 14.5. The topological polar surface area (TPSA) is 90.0 Å². The van der Waals surface area contributed by atoms with Crippen molar-refractivity contribution in [3.05, 3.63) is 22.9 Å². The molecule has 1 aromatic heterocycles. The normalized spacial score (nSPS) is 16.0.